The second-order valence-corrected chi connectivity index (χ2v) is 5.00. The molecule has 2 rings (SSSR count). The summed E-state index contributed by atoms with van der Waals surface area (Å²) in [5.41, 5.74) is 6.08. The number of nitrogens with zero attached hydrogens (tertiary/aromatic N) is 1. The molecule has 0 bridgehead atoms. The lowest BCUT2D eigenvalue weighted by atomic mass is 10.2. The Kier molecular flexibility index (Phi) is 3.58. The quantitative estimate of drug-likeness (QED) is 0.820. The van der Waals surface area contributed by atoms with Gasteiger partial charge in [-0.15, -0.1) is 0 Å². The molecule has 7 heteroatoms. The normalized spacial score (nSPS) is 10.6. The molecule has 0 fully saturated rings. The number of rotatable bonds is 2. The first-order chi connectivity index (χ1) is 8.47. The third-order valence-electron chi connectivity index (χ3n) is 2.41. The molecular formula is C11H9BrClN3O2. The van der Waals surface area contributed by atoms with E-state index in [0.29, 0.717) is 16.3 Å². The zero-order valence-electron chi connectivity index (χ0n) is 9.11. The average molecular weight is 331 g/mol. The number of hydrogen-bond donors (Lipinski definition) is 2. The first-order valence-corrected chi connectivity index (χ1v) is 6.17. The predicted octanol–water partition coefficient (Wildman–Crippen LogP) is 1.58. The summed E-state index contributed by atoms with van der Waals surface area (Å²) in [7, 11) is 0. The van der Waals surface area contributed by atoms with Gasteiger partial charge in [0.15, 0.2) is 0 Å². The summed E-state index contributed by atoms with van der Waals surface area (Å²) >= 11 is 8.94. The van der Waals surface area contributed by atoms with Gasteiger partial charge in [-0.25, -0.2) is 4.79 Å². The molecule has 0 aliphatic rings. The van der Waals surface area contributed by atoms with E-state index in [1.54, 1.807) is 18.2 Å². The standard InChI is InChI=1S/C11H9BrClN3O2/c12-8-5-16(11(18)15-10(8)17)4-6-3-7(13)1-2-9(6)14/h1-3,5H,4,14H2,(H,15,17,18). The lowest BCUT2D eigenvalue weighted by molar-refractivity contribution is 0.717. The highest BCUT2D eigenvalue weighted by atomic mass is 79.9. The first-order valence-electron chi connectivity index (χ1n) is 5.00. The maximum absolute atomic E-state index is 11.6. The van der Waals surface area contributed by atoms with Crippen LogP contribution in [-0.4, -0.2) is 9.55 Å². The van der Waals surface area contributed by atoms with E-state index in [1.807, 2.05) is 0 Å². The fourth-order valence-corrected chi connectivity index (χ4v) is 2.04. The number of anilines is 1. The Labute approximate surface area is 115 Å². The molecule has 0 amide bonds. The van der Waals surface area contributed by atoms with Crippen molar-refractivity contribution in [2.75, 3.05) is 5.73 Å². The predicted molar refractivity (Wildman–Crippen MR) is 74.0 cm³/mol. The number of nitrogens with one attached hydrogen (secondary N) is 1. The van der Waals surface area contributed by atoms with Gasteiger partial charge in [-0.1, -0.05) is 11.6 Å². The summed E-state index contributed by atoms with van der Waals surface area (Å²) in [5, 5.41) is 0.538. The van der Waals surface area contributed by atoms with Crippen molar-refractivity contribution in [3.63, 3.8) is 0 Å². The van der Waals surface area contributed by atoms with Crippen molar-refractivity contribution in [3.8, 4) is 0 Å². The second-order valence-electron chi connectivity index (χ2n) is 3.71. The average Bonchev–Trinajstić information content (AvgIpc) is 2.30. The molecule has 3 N–H and O–H groups in total. The van der Waals surface area contributed by atoms with E-state index in [1.165, 1.54) is 10.8 Å². The fourth-order valence-electron chi connectivity index (χ4n) is 1.49. The van der Waals surface area contributed by atoms with Crippen LogP contribution in [0.25, 0.3) is 0 Å². The largest absolute Gasteiger partial charge is 0.398 e. The minimum atomic E-state index is -0.498. The number of H-pyrrole nitrogens is 1. The van der Waals surface area contributed by atoms with Gasteiger partial charge in [0, 0.05) is 16.9 Å². The maximum Gasteiger partial charge on any atom is 0.328 e. The minimum Gasteiger partial charge on any atom is -0.398 e. The van der Waals surface area contributed by atoms with E-state index in [-0.39, 0.29) is 11.0 Å². The zero-order chi connectivity index (χ0) is 13.3. The molecule has 94 valence electrons. The highest BCUT2D eigenvalue weighted by molar-refractivity contribution is 9.10. The monoisotopic (exact) mass is 329 g/mol. The Morgan fingerprint density at radius 2 is 2.11 bits per heavy atom. The minimum absolute atomic E-state index is 0.237. The Balaban J connectivity index is 2.46. The number of aromatic amines is 1. The zero-order valence-corrected chi connectivity index (χ0v) is 11.5. The van der Waals surface area contributed by atoms with Gasteiger partial charge in [0.1, 0.15) is 0 Å². The fraction of sp³-hybridized carbons (Fsp3) is 0.0909. The van der Waals surface area contributed by atoms with Crippen molar-refractivity contribution in [3.05, 3.63) is 60.3 Å². The molecule has 1 aromatic heterocycles. The van der Waals surface area contributed by atoms with Crippen LogP contribution in [0.3, 0.4) is 0 Å². The number of hydrogen-bond acceptors (Lipinski definition) is 3. The van der Waals surface area contributed by atoms with E-state index in [2.05, 4.69) is 20.9 Å². The molecule has 0 saturated carbocycles. The van der Waals surface area contributed by atoms with Gasteiger partial charge >= 0.3 is 5.69 Å². The molecule has 18 heavy (non-hydrogen) atoms. The van der Waals surface area contributed by atoms with Crippen LogP contribution >= 0.6 is 27.5 Å². The molecule has 2 aromatic rings. The van der Waals surface area contributed by atoms with Crippen LogP contribution in [0.2, 0.25) is 5.02 Å². The lowest BCUT2D eigenvalue weighted by Crippen LogP contribution is -2.30. The molecule has 0 spiro atoms. The van der Waals surface area contributed by atoms with Gasteiger partial charge in [-0.3, -0.25) is 14.3 Å². The van der Waals surface area contributed by atoms with Crippen LogP contribution in [0, 0.1) is 0 Å². The summed E-state index contributed by atoms with van der Waals surface area (Å²) in [6, 6.07) is 5.03. The molecule has 0 unspecified atom stereocenters. The molecule has 5 nitrogen and oxygen atoms in total. The van der Waals surface area contributed by atoms with Crippen molar-refractivity contribution < 1.29 is 0 Å². The summed E-state index contributed by atoms with van der Waals surface area (Å²) < 4.78 is 1.62. The molecule has 1 heterocycles. The van der Waals surface area contributed by atoms with Crippen molar-refractivity contribution in [2.24, 2.45) is 0 Å². The highest BCUT2D eigenvalue weighted by Gasteiger charge is 2.05. The van der Waals surface area contributed by atoms with E-state index in [9.17, 15) is 9.59 Å². The first kappa shape index (κ1) is 12.9. The molecule has 0 aliphatic carbocycles. The third-order valence-corrected chi connectivity index (χ3v) is 3.21. The molecule has 0 radical (unpaired) electrons. The van der Waals surface area contributed by atoms with Gasteiger partial charge in [-0.05, 0) is 39.7 Å². The van der Waals surface area contributed by atoms with Gasteiger partial charge in [-0.2, -0.15) is 0 Å². The van der Waals surface area contributed by atoms with Crippen molar-refractivity contribution in [1.29, 1.82) is 0 Å². The topological polar surface area (TPSA) is 80.9 Å². The van der Waals surface area contributed by atoms with Crippen LogP contribution in [0.4, 0.5) is 5.69 Å². The number of nitrogens with two attached hydrogens (primary N) is 1. The molecular weight excluding hydrogens is 321 g/mol. The van der Waals surface area contributed by atoms with Crippen LogP contribution in [0.15, 0.2) is 38.5 Å². The second kappa shape index (κ2) is 4.99. The van der Waals surface area contributed by atoms with Gasteiger partial charge < -0.3 is 5.73 Å². The number of halogens is 2. The smallest absolute Gasteiger partial charge is 0.328 e. The van der Waals surface area contributed by atoms with Gasteiger partial charge in [0.05, 0.1) is 11.0 Å². The molecule has 0 atom stereocenters. The third kappa shape index (κ3) is 2.65. The Morgan fingerprint density at radius 1 is 1.39 bits per heavy atom. The summed E-state index contributed by atoms with van der Waals surface area (Å²) in [6.45, 7) is 0.237. The van der Waals surface area contributed by atoms with E-state index in [0.717, 1.165) is 0 Å². The molecule has 0 saturated heterocycles. The van der Waals surface area contributed by atoms with E-state index < -0.39 is 11.2 Å². The number of benzene rings is 1. The van der Waals surface area contributed by atoms with Crippen molar-refractivity contribution >= 4 is 33.2 Å². The summed E-state index contributed by atoms with van der Waals surface area (Å²) in [4.78, 5) is 25.0. The maximum atomic E-state index is 11.6. The lowest BCUT2D eigenvalue weighted by Gasteiger charge is -2.08. The Bertz CT molecular complexity index is 708. The van der Waals surface area contributed by atoms with E-state index >= 15 is 0 Å². The van der Waals surface area contributed by atoms with Gasteiger partial charge in [0.2, 0.25) is 0 Å². The molecule has 1 aromatic carbocycles. The Hall–Kier alpha value is -1.53. The summed E-state index contributed by atoms with van der Waals surface area (Å²) in [6.07, 6.45) is 1.42. The van der Waals surface area contributed by atoms with Crippen molar-refractivity contribution in [2.45, 2.75) is 6.54 Å². The number of aromatic nitrogens is 2. The van der Waals surface area contributed by atoms with Crippen LogP contribution in [0.1, 0.15) is 5.56 Å². The van der Waals surface area contributed by atoms with Crippen LogP contribution in [0.5, 0.6) is 0 Å². The highest BCUT2D eigenvalue weighted by Crippen LogP contribution is 2.18. The van der Waals surface area contributed by atoms with Crippen LogP contribution < -0.4 is 17.0 Å². The Morgan fingerprint density at radius 3 is 2.83 bits per heavy atom. The van der Waals surface area contributed by atoms with Crippen molar-refractivity contribution in [1.82, 2.24) is 9.55 Å². The SMILES string of the molecule is Nc1ccc(Cl)cc1Cn1cc(Br)c(=O)[nH]c1=O. The van der Waals surface area contributed by atoms with E-state index in [4.69, 9.17) is 17.3 Å². The number of nitrogen functional groups attached to an aromatic ring is 1. The van der Waals surface area contributed by atoms with Crippen LogP contribution in [-0.2, 0) is 6.54 Å². The van der Waals surface area contributed by atoms with Gasteiger partial charge in [0.25, 0.3) is 5.56 Å². The molecule has 0 aliphatic heterocycles. The summed E-state index contributed by atoms with van der Waals surface area (Å²) in [5.74, 6) is 0.